The minimum atomic E-state index is -0.604. The van der Waals surface area contributed by atoms with E-state index in [2.05, 4.69) is 11.9 Å². The first-order valence-corrected chi connectivity index (χ1v) is 10.7. The predicted molar refractivity (Wildman–Crippen MR) is 113 cm³/mol. The van der Waals surface area contributed by atoms with Crippen LogP contribution in [0.15, 0.2) is 30.5 Å². The number of carbonyl (C=O) groups excluding carboxylic acids is 1. The average molecular weight is 373 g/mol. The molecule has 3 N–H and O–H groups in total. The van der Waals surface area contributed by atoms with Gasteiger partial charge in [0.1, 0.15) is 6.04 Å². The smallest absolute Gasteiger partial charge is 0.323 e. The number of H-pyrrole nitrogens is 1. The Balaban J connectivity index is 1.53. The van der Waals surface area contributed by atoms with Crippen LogP contribution in [0.4, 0.5) is 0 Å². The maximum Gasteiger partial charge on any atom is 0.323 e. The fourth-order valence-corrected chi connectivity index (χ4v) is 3.49. The van der Waals surface area contributed by atoms with Crippen molar-refractivity contribution in [3.63, 3.8) is 0 Å². The van der Waals surface area contributed by atoms with Gasteiger partial charge in [0.05, 0.1) is 6.61 Å². The van der Waals surface area contributed by atoms with Gasteiger partial charge in [0.25, 0.3) is 0 Å². The highest BCUT2D eigenvalue weighted by atomic mass is 16.5. The van der Waals surface area contributed by atoms with Crippen LogP contribution in [-0.2, 0) is 16.0 Å². The number of para-hydroxylation sites is 1. The molecule has 1 aromatic heterocycles. The first-order chi connectivity index (χ1) is 13.2. The summed E-state index contributed by atoms with van der Waals surface area (Å²) < 4.78 is 5.36. The summed E-state index contributed by atoms with van der Waals surface area (Å²) in [6, 6.07) is 7.45. The Hall–Kier alpha value is -1.81. The highest BCUT2D eigenvalue weighted by molar-refractivity contribution is 5.84. The lowest BCUT2D eigenvalue weighted by Crippen LogP contribution is -2.34. The number of nitrogens with one attached hydrogen (secondary N) is 1. The molecule has 1 heterocycles. The third-order valence-electron chi connectivity index (χ3n) is 5.16. The van der Waals surface area contributed by atoms with Crippen molar-refractivity contribution in [3.8, 4) is 0 Å². The van der Waals surface area contributed by atoms with Crippen molar-refractivity contribution in [3.05, 3.63) is 36.0 Å². The van der Waals surface area contributed by atoms with Crippen LogP contribution in [0, 0.1) is 0 Å². The van der Waals surface area contributed by atoms with E-state index < -0.39 is 6.04 Å². The molecular weight excluding hydrogens is 336 g/mol. The van der Waals surface area contributed by atoms with Crippen molar-refractivity contribution < 1.29 is 9.53 Å². The third-order valence-corrected chi connectivity index (χ3v) is 5.16. The normalized spacial score (nSPS) is 12.4. The van der Waals surface area contributed by atoms with Crippen molar-refractivity contribution in [1.29, 1.82) is 0 Å². The van der Waals surface area contributed by atoms with Gasteiger partial charge in [0.15, 0.2) is 0 Å². The second kappa shape index (κ2) is 12.6. The van der Waals surface area contributed by atoms with Crippen LogP contribution in [0.5, 0.6) is 0 Å². The van der Waals surface area contributed by atoms with Crippen molar-refractivity contribution in [1.82, 2.24) is 4.98 Å². The molecule has 0 saturated carbocycles. The second-order valence-electron chi connectivity index (χ2n) is 7.52. The molecule has 0 saturated heterocycles. The third kappa shape index (κ3) is 7.76. The summed E-state index contributed by atoms with van der Waals surface area (Å²) in [5.74, 6) is -0.295. The van der Waals surface area contributed by atoms with E-state index in [4.69, 9.17) is 10.5 Å². The lowest BCUT2D eigenvalue weighted by atomic mass is 10.1. The molecule has 0 fully saturated rings. The number of unbranched alkanes of at least 4 members (excludes halogenated alkanes) is 9. The zero-order valence-corrected chi connectivity index (χ0v) is 16.8. The van der Waals surface area contributed by atoms with Gasteiger partial charge in [-0.05, 0) is 18.1 Å². The van der Waals surface area contributed by atoms with E-state index >= 15 is 0 Å². The maximum absolute atomic E-state index is 12.1. The molecule has 150 valence electrons. The molecule has 0 spiro atoms. The van der Waals surface area contributed by atoms with Gasteiger partial charge in [-0.25, -0.2) is 0 Å². The van der Waals surface area contributed by atoms with Gasteiger partial charge >= 0.3 is 5.97 Å². The minimum absolute atomic E-state index is 0.295. The summed E-state index contributed by atoms with van der Waals surface area (Å²) in [4.78, 5) is 15.3. The largest absolute Gasteiger partial charge is 0.465 e. The van der Waals surface area contributed by atoms with Crippen LogP contribution in [0.1, 0.15) is 76.7 Å². The lowest BCUT2D eigenvalue weighted by molar-refractivity contribution is -0.145. The highest BCUT2D eigenvalue weighted by Crippen LogP contribution is 2.19. The zero-order valence-electron chi connectivity index (χ0n) is 16.8. The van der Waals surface area contributed by atoms with Crippen molar-refractivity contribution in [2.24, 2.45) is 5.73 Å². The number of benzene rings is 1. The van der Waals surface area contributed by atoms with Crippen LogP contribution < -0.4 is 5.73 Å². The number of aromatic nitrogens is 1. The molecule has 1 atom stereocenters. The van der Waals surface area contributed by atoms with E-state index in [9.17, 15) is 4.79 Å². The van der Waals surface area contributed by atoms with Gasteiger partial charge in [-0.3, -0.25) is 4.79 Å². The number of ether oxygens (including phenoxy) is 1. The van der Waals surface area contributed by atoms with Gasteiger partial charge < -0.3 is 15.5 Å². The van der Waals surface area contributed by atoms with Gasteiger partial charge in [0.2, 0.25) is 0 Å². The molecule has 27 heavy (non-hydrogen) atoms. The predicted octanol–water partition coefficient (Wildman–Crippen LogP) is 5.50. The molecule has 0 aliphatic heterocycles. The molecule has 1 aromatic carbocycles. The Morgan fingerprint density at radius 1 is 1.00 bits per heavy atom. The van der Waals surface area contributed by atoms with Crippen molar-refractivity contribution in [2.45, 2.75) is 83.6 Å². The van der Waals surface area contributed by atoms with Crippen LogP contribution in [-0.4, -0.2) is 23.6 Å². The molecule has 4 heteroatoms. The van der Waals surface area contributed by atoms with Crippen molar-refractivity contribution >= 4 is 16.9 Å². The summed E-state index contributed by atoms with van der Waals surface area (Å²) in [7, 11) is 0. The van der Waals surface area contributed by atoms with E-state index in [-0.39, 0.29) is 5.97 Å². The number of carbonyl (C=O) groups is 1. The van der Waals surface area contributed by atoms with Gasteiger partial charge in [-0.15, -0.1) is 0 Å². The number of hydrogen-bond donors (Lipinski definition) is 2. The number of nitrogens with two attached hydrogens (primary N) is 1. The van der Waals surface area contributed by atoms with Crippen LogP contribution >= 0.6 is 0 Å². The topological polar surface area (TPSA) is 68.1 Å². The van der Waals surface area contributed by atoms with E-state index in [1.807, 2.05) is 30.5 Å². The monoisotopic (exact) mass is 372 g/mol. The van der Waals surface area contributed by atoms with E-state index in [1.165, 1.54) is 51.4 Å². The Morgan fingerprint density at radius 2 is 1.63 bits per heavy atom. The van der Waals surface area contributed by atoms with E-state index in [0.717, 1.165) is 29.3 Å². The van der Waals surface area contributed by atoms with E-state index in [0.29, 0.717) is 13.0 Å². The minimum Gasteiger partial charge on any atom is -0.465 e. The number of rotatable bonds is 14. The second-order valence-corrected chi connectivity index (χ2v) is 7.52. The number of hydrogen-bond acceptors (Lipinski definition) is 3. The van der Waals surface area contributed by atoms with Gasteiger partial charge in [0, 0.05) is 23.5 Å². The maximum atomic E-state index is 12.1. The van der Waals surface area contributed by atoms with Gasteiger partial charge in [-0.2, -0.15) is 0 Å². The molecular formula is C23H36N2O2. The van der Waals surface area contributed by atoms with Crippen LogP contribution in [0.3, 0.4) is 0 Å². The van der Waals surface area contributed by atoms with E-state index in [1.54, 1.807) is 0 Å². The molecule has 4 nitrogen and oxygen atoms in total. The average Bonchev–Trinajstić information content (AvgIpc) is 3.09. The Morgan fingerprint density at radius 3 is 2.33 bits per heavy atom. The fraction of sp³-hybridized carbons (Fsp3) is 0.609. The Bertz CT molecular complexity index is 665. The van der Waals surface area contributed by atoms with Gasteiger partial charge in [-0.1, -0.05) is 82.9 Å². The summed E-state index contributed by atoms with van der Waals surface area (Å²) in [6.07, 6.45) is 15.1. The molecule has 0 unspecified atom stereocenters. The lowest BCUT2D eigenvalue weighted by Gasteiger charge is -2.11. The quantitative estimate of drug-likeness (QED) is 0.340. The molecule has 0 bridgehead atoms. The SMILES string of the molecule is CCCCCCCCCCCCOC(=O)[C@@H](N)Cc1c[nH]c2ccccc12. The first kappa shape index (κ1) is 21.5. The van der Waals surface area contributed by atoms with Crippen LogP contribution in [0.25, 0.3) is 10.9 Å². The molecule has 2 rings (SSSR count). The highest BCUT2D eigenvalue weighted by Gasteiger charge is 2.17. The first-order valence-electron chi connectivity index (χ1n) is 10.7. The summed E-state index contributed by atoms with van der Waals surface area (Å²) in [5.41, 5.74) is 8.17. The van der Waals surface area contributed by atoms with Crippen LogP contribution in [0.2, 0.25) is 0 Å². The molecule has 0 aliphatic carbocycles. The Labute approximate surface area is 163 Å². The number of aromatic amines is 1. The zero-order chi connectivity index (χ0) is 19.3. The standard InChI is InChI=1S/C23H36N2O2/c1-2-3-4-5-6-7-8-9-10-13-16-27-23(26)21(24)17-19-18-25-22-15-12-11-14-20(19)22/h11-12,14-15,18,21,25H,2-10,13,16-17,24H2,1H3/t21-/m0/s1. The number of esters is 1. The Kier molecular flexibility index (Phi) is 9.99. The fourth-order valence-electron chi connectivity index (χ4n) is 3.49. The number of fused-ring (bicyclic) bond motifs is 1. The summed E-state index contributed by atoms with van der Waals surface area (Å²) in [5, 5.41) is 1.12. The molecule has 2 aromatic rings. The molecule has 0 amide bonds. The molecule has 0 aliphatic rings. The summed E-state index contributed by atoms with van der Waals surface area (Å²) in [6.45, 7) is 2.73. The summed E-state index contributed by atoms with van der Waals surface area (Å²) >= 11 is 0. The van der Waals surface area contributed by atoms with Crippen molar-refractivity contribution in [2.75, 3.05) is 6.61 Å². The molecule has 0 radical (unpaired) electrons.